The Morgan fingerprint density at radius 3 is 1.08 bits per heavy atom. The Morgan fingerprint density at radius 1 is 0.208 bits per heavy atom. The van der Waals surface area contributed by atoms with Crippen LogP contribution in [-0.4, -0.2) is 0 Å². The van der Waals surface area contributed by atoms with Crippen molar-refractivity contribution in [3.05, 3.63) is 194 Å². The van der Waals surface area contributed by atoms with Gasteiger partial charge in [-0.3, -0.25) is 0 Å². The maximum Gasteiger partial charge on any atom is -0.00199 e. The molecular formula is C48H32. The maximum atomic E-state index is 2.45. The van der Waals surface area contributed by atoms with Crippen molar-refractivity contribution in [2.45, 2.75) is 0 Å². The van der Waals surface area contributed by atoms with Crippen LogP contribution >= 0.6 is 0 Å². The zero-order chi connectivity index (χ0) is 31.9. The molecule has 48 heavy (non-hydrogen) atoms. The van der Waals surface area contributed by atoms with Gasteiger partial charge in [0.25, 0.3) is 0 Å². The summed E-state index contributed by atoms with van der Waals surface area (Å²) < 4.78 is 0. The molecule has 0 spiro atoms. The fourth-order valence-electron chi connectivity index (χ4n) is 7.45. The van der Waals surface area contributed by atoms with E-state index in [1.165, 1.54) is 88.0 Å². The van der Waals surface area contributed by atoms with Crippen LogP contribution in [0.1, 0.15) is 0 Å². The molecule has 0 unspecified atom stereocenters. The molecule has 0 radical (unpaired) electrons. The molecular weight excluding hydrogens is 577 g/mol. The minimum absolute atomic E-state index is 1.20. The SMILES string of the molecule is c1ccc(-c2cc(-c3ccccc3)c(-c3c4ccccc4c(-c4ccc5ccccc5c4)c4ccccc34)cc2-c2ccccc2)cc1. The average molecular weight is 609 g/mol. The van der Waals surface area contributed by atoms with Crippen molar-refractivity contribution < 1.29 is 0 Å². The molecule has 0 amide bonds. The van der Waals surface area contributed by atoms with E-state index in [1.807, 2.05) is 0 Å². The lowest BCUT2D eigenvalue weighted by molar-refractivity contribution is 1.56. The lowest BCUT2D eigenvalue weighted by atomic mass is 9.81. The molecule has 0 heterocycles. The number of hydrogen-bond acceptors (Lipinski definition) is 0. The fraction of sp³-hybridized carbons (Fsp3) is 0. The minimum Gasteiger partial charge on any atom is -0.0622 e. The van der Waals surface area contributed by atoms with Crippen LogP contribution in [0.4, 0.5) is 0 Å². The lowest BCUT2D eigenvalue weighted by Gasteiger charge is -2.22. The molecule has 0 aliphatic rings. The van der Waals surface area contributed by atoms with Crippen LogP contribution in [0.25, 0.3) is 88.0 Å². The van der Waals surface area contributed by atoms with Crippen LogP contribution < -0.4 is 0 Å². The first-order valence-corrected chi connectivity index (χ1v) is 16.6. The molecule has 9 rings (SSSR count). The van der Waals surface area contributed by atoms with Crippen molar-refractivity contribution in [3.63, 3.8) is 0 Å². The van der Waals surface area contributed by atoms with E-state index in [4.69, 9.17) is 0 Å². The minimum atomic E-state index is 1.20. The Kier molecular flexibility index (Phi) is 6.91. The topological polar surface area (TPSA) is 0 Å². The Morgan fingerprint density at radius 2 is 0.583 bits per heavy atom. The molecule has 0 bridgehead atoms. The number of hydrogen-bond donors (Lipinski definition) is 0. The van der Waals surface area contributed by atoms with Crippen LogP contribution in [0, 0.1) is 0 Å². The molecule has 9 aromatic rings. The van der Waals surface area contributed by atoms with E-state index in [1.54, 1.807) is 0 Å². The first-order valence-electron chi connectivity index (χ1n) is 16.6. The number of fused-ring (bicyclic) bond motifs is 3. The largest absolute Gasteiger partial charge is 0.0622 e. The van der Waals surface area contributed by atoms with Gasteiger partial charge in [0.2, 0.25) is 0 Å². The van der Waals surface area contributed by atoms with E-state index in [0.29, 0.717) is 0 Å². The van der Waals surface area contributed by atoms with E-state index < -0.39 is 0 Å². The second-order valence-corrected chi connectivity index (χ2v) is 12.4. The van der Waals surface area contributed by atoms with Crippen molar-refractivity contribution in [3.8, 4) is 55.6 Å². The highest BCUT2D eigenvalue weighted by atomic mass is 14.2. The highest BCUT2D eigenvalue weighted by Gasteiger charge is 2.21. The van der Waals surface area contributed by atoms with E-state index in [9.17, 15) is 0 Å². The molecule has 9 aromatic carbocycles. The number of rotatable bonds is 5. The van der Waals surface area contributed by atoms with Gasteiger partial charge in [-0.2, -0.15) is 0 Å². The van der Waals surface area contributed by atoms with E-state index in [0.717, 1.165) is 0 Å². The van der Waals surface area contributed by atoms with Crippen LogP contribution in [0.2, 0.25) is 0 Å². The van der Waals surface area contributed by atoms with Gasteiger partial charge in [0, 0.05) is 0 Å². The van der Waals surface area contributed by atoms with Crippen LogP contribution in [-0.2, 0) is 0 Å². The molecule has 0 aliphatic heterocycles. The van der Waals surface area contributed by atoms with Crippen LogP contribution in [0.15, 0.2) is 194 Å². The first kappa shape index (κ1) is 28.0. The molecule has 0 fully saturated rings. The summed E-state index contributed by atoms with van der Waals surface area (Å²) in [6.45, 7) is 0. The molecule has 0 nitrogen and oxygen atoms in total. The van der Waals surface area contributed by atoms with Gasteiger partial charge in [0.1, 0.15) is 0 Å². The third kappa shape index (κ3) is 4.78. The van der Waals surface area contributed by atoms with Gasteiger partial charge in [0.15, 0.2) is 0 Å². The third-order valence-electron chi connectivity index (χ3n) is 9.65. The Bertz CT molecular complexity index is 2520. The van der Waals surface area contributed by atoms with Gasteiger partial charge in [-0.15, -0.1) is 0 Å². The molecule has 0 N–H and O–H groups in total. The zero-order valence-corrected chi connectivity index (χ0v) is 26.5. The molecule has 0 saturated heterocycles. The molecule has 0 aromatic heterocycles. The summed E-state index contributed by atoms with van der Waals surface area (Å²) in [5.41, 5.74) is 12.3. The Hall–Kier alpha value is -6.24. The average Bonchev–Trinajstić information content (AvgIpc) is 3.17. The third-order valence-corrected chi connectivity index (χ3v) is 9.65. The summed E-state index contributed by atoms with van der Waals surface area (Å²) >= 11 is 0. The maximum absolute atomic E-state index is 2.45. The Labute approximate surface area is 281 Å². The molecule has 0 saturated carbocycles. The second-order valence-electron chi connectivity index (χ2n) is 12.4. The monoisotopic (exact) mass is 608 g/mol. The molecule has 0 heteroatoms. The Balaban J connectivity index is 1.43. The van der Waals surface area contributed by atoms with Gasteiger partial charge in [-0.05, 0) is 106 Å². The molecule has 0 atom stereocenters. The van der Waals surface area contributed by atoms with Crippen molar-refractivity contribution in [2.75, 3.05) is 0 Å². The van der Waals surface area contributed by atoms with Crippen molar-refractivity contribution in [1.82, 2.24) is 0 Å². The van der Waals surface area contributed by atoms with Crippen LogP contribution in [0.5, 0.6) is 0 Å². The predicted octanol–water partition coefficient (Wildman–Crippen LogP) is 13.5. The number of benzene rings is 9. The molecule has 224 valence electrons. The summed E-state index contributed by atoms with van der Waals surface area (Å²) in [5.74, 6) is 0. The lowest BCUT2D eigenvalue weighted by Crippen LogP contribution is -1.95. The zero-order valence-electron chi connectivity index (χ0n) is 26.5. The normalized spacial score (nSPS) is 11.3. The summed E-state index contributed by atoms with van der Waals surface area (Å²) in [7, 11) is 0. The van der Waals surface area contributed by atoms with Gasteiger partial charge in [0.05, 0.1) is 0 Å². The summed E-state index contributed by atoms with van der Waals surface area (Å²) in [5, 5.41) is 7.53. The van der Waals surface area contributed by atoms with Gasteiger partial charge >= 0.3 is 0 Å². The predicted molar refractivity (Wildman–Crippen MR) is 206 cm³/mol. The van der Waals surface area contributed by atoms with E-state index >= 15 is 0 Å². The summed E-state index contributed by atoms with van der Waals surface area (Å²) in [6, 6.07) is 70.8. The second kappa shape index (κ2) is 11.8. The van der Waals surface area contributed by atoms with Crippen molar-refractivity contribution in [1.29, 1.82) is 0 Å². The van der Waals surface area contributed by atoms with Gasteiger partial charge in [-0.1, -0.05) is 176 Å². The quantitative estimate of drug-likeness (QED) is 0.171. The van der Waals surface area contributed by atoms with Crippen molar-refractivity contribution >= 4 is 32.3 Å². The summed E-state index contributed by atoms with van der Waals surface area (Å²) in [6.07, 6.45) is 0. The van der Waals surface area contributed by atoms with E-state index in [-0.39, 0.29) is 0 Å². The highest BCUT2D eigenvalue weighted by molar-refractivity contribution is 6.23. The fourth-order valence-corrected chi connectivity index (χ4v) is 7.45. The standard InChI is InChI=1S/C48H32/c1-4-17-34(18-5-1)43-31-45(36-21-8-3-9-22-36)46(32-44(43)35-19-6-2-7-20-35)48-41-26-14-12-24-39(41)47(40-25-13-15-27-42(40)48)38-29-28-33-16-10-11-23-37(33)30-38/h1-32H. The van der Waals surface area contributed by atoms with Crippen molar-refractivity contribution in [2.24, 2.45) is 0 Å². The highest BCUT2D eigenvalue weighted by Crippen LogP contribution is 2.49. The van der Waals surface area contributed by atoms with E-state index in [2.05, 4.69) is 194 Å². The summed E-state index contributed by atoms with van der Waals surface area (Å²) in [4.78, 5) is 0. The van der Waals surface area contributed by atoms with Crippen LogP contribution in [0.3, 0.4) is 0 Å². The smallest absolute Gasteiger partial charge is 0.00199 e. The van der Waals surface area contributed by atoms with Gasteiger partial charge < -0.3 is 0 Å². The first-order chi connectivity index (χ1) is 23.8. The van der Waals surface area contributed by atoms with Gasteiger partial charge in [-0.25, -0.2) is 0 Å². The molecule has 0 aliphatic carbocycles.